The minimum absolute atomic E-state index is 0.262. The first-order valence-corrected chi connectivity index (χ1v) is 5.77. The largest absolute Gasteiger partial charge is 0.399 e. The number of amides is 1. The molecule has 7 heteroatoms. The first-order valence-electron chi connectivity index (χ1n) is 4.98. The summed E-state index contributed by atoms with van der Waals surface area (Å²) in [7, 11) is 0. The van der Waals surface area contributed by atoms with Crippen LogP contribution >= 0.6 is 15.9 Å². The van der Waals surface area contributed by atoms with Gasteiger partial charge in [0.25, 0.3) is 11.5 Å². The molecule has 0 bridgehead atoms. The number of carbonyl (C=O) groups is 1. The lowest BCUT2D eigenvalue weighted by molar-refractivity contribution is 0.102. The Bertz CT molecular complexity index is 613. The zero-order valence-electron chi connectivity index (χ0n) is 9.11. The molecule has 0 radical (unpaired) electrons. The summed E-state index contributed by atoms with van der Waals surface area (Å²) in [5.41, 5.74) is 6.18. The van der Waals surface area contributed by atoms with Gasteiger partial charge >= 0.3 is 0 Å². The third kappa shape index (κ3) is 2.95. The van der Waals surface area contributed by atoms with Crippen molar-refractivity contribution in [3.63, 3.8) is 0 Å². The van der Waals surface area contributed by atoms with E-state index in [1.165, 1.54) is 12.1 Å². The van der Waals surface area contributed by atoms with E-state index >= 15 is 0 Å². The number of nitrogens with zero attached hydrogens (tertiary/aromatic N) is 1. The second-order valence-electron chi connectivity index (χ2n) is 3.53. The Morgan fingerprint density at radius 2 is 2.11 bits per heavy atom. The van der Waals surface area contributed by atoms with E-state index in [9.17, 15) is 9.59 Å². The van der Waals surface area contributed by atoms with E-state index < -0.39 is 0 Å². The van der Waals surface area contributed by atoms with Gasteiger partial charge in [-0.3, -0.25) is 9.59 Å². The Morgan fingerprint density at radius 1 is 1.33 bits per heavy atom. The van der Waals surface area contributed by atoms with Crippen LogP contribution in [0.25, 0.3) is 0 Å². The molecule has 0 aliphatic rings. The first kappa shape index (κ1) is 12.3. The van der Waals surface area contributed by atoms with Gasteiger partial charge in [-0.25, -0.2) is 5.10 Å². The number of hydrogen-bond donors (Lipinski definition) is 3. The van der Waals surface area contributed by atoms with Crippen molar-refractivity contribution in [2.45, 2.75) is 0 Å². The van der Waals surface area contributed by atoms with E-state index in [2.05, 4.69) is 31.4 Å². The average Bonchev–Trinajstić information content (AvgIpc) is 2.31. The average molecular weight is 309 g/mol. The van der Waals surface area contributed by atoms with E-state index in [4.69, 9.17) is 5.73 Å². The summed E-state index contributed by atoms with van der Waals surface area (Å²) in [6.45, 7) is 0. The quantitative estimate of drug-likeness (QED) is 0.729. The van der Waals surface area contributed by atoms with Crippen molar-refractivity contribution in [3.8, 4) is 0 Å². The molecular formula is C11H9BrN4O2. The predicted octanol–water partition coefficient (Wildman–Crippen LogP) is 1.37. The zero-order valence-corrected chi connectivity index (χ0v) is 10.7. The van der Waals surface area contributed by atoms with Gasteiger partial charge in [0.15, 0.2) is 5.82 Å². The fourth-order valence-corrected chi connectivity index (χ4v) is 1.86. The number of aromatic amines is 1. The van der Waals surface area contributed by atoms with Crippen LogP contribution in [0.2, 0.25) is 0 Å². The van der Waals surface area contributed by atoms with Crippen molar-refractivity contribution in [3.05, 3.63) is 50.7 Å². The lowest BCUT2D eigenvalue weighted by Gasteiger charge is -2.05. The summed E-state index contributed by atoms with van der Waals surface area (Å²) in [6, 6.07) is 7.56. The summed E-state index contributed by atoms with van der Waals surface area (Å²) in [5, 5.41) is 8.44. The molecule has 0 fully saturated rings. The van der Waals surface area contributed by atoms with Crippen LogP contribution in [0.1, 0.15) is 10.4 Å². The predicted molar refractivity (Wildman–Crippen MR) is 71.4 cm³/mol. The van der Waals surface area contributed by atoms with Gasteiger partial charge < -0.3 is 11.1 Å². The number of benzene rings is 1. The third-order valence-electron chi connectivity index (χ3n) is 2.10. The monoisotopic (exact) mass is 308 g/mol. The molecule has 0 spiro atoms. The number of nitrogens with one attached hydrogen (secondary N) is 2. The molecular weight excluding hydrogens is 300 g/mol. The lowest BCUT2D eigenvalue weighted by atomic mass is 10.2. The molecule has 1 heterocycles. The Morgan fingerprint density at radius 3 is 2.72 bits per heavy atom. The smallest absolute Gasteiger partial charge is 0.264 e. The number of nitrogens with two attached hydrogens (primary N) is 1. The highest BCUT2D eigenvalue weighted by atomic mass is 79.9. The molecule has 0 aliphatic carbocycles. The topological polar surface area (TPSA) is 101 Å². The van der Waals surface area contributed by atoms with Gasteiger partial charge in [-0.05, 0) is 24.3 Å². The first-order chi connectivity index (χ1) is 8.54. The number of anilines is 2. The molecule has 2 aromatic rings. The molecule has 18 heavy (non-hydrogen) atoms. The maximum Gasteiger partial charge on any atom is 0.264 e. The maximum absolute atomic E-state index is 11.9. The van der Waals surface area contributed by atoms with Crippen LogP contribution in [0, 0.1) is 0 Å². The van der Waals surface area contributed by atoms with Gasteiger partial charge in [-0.15, -0.1) is 0 Å². The Hall–Kier alpha value is -2.15. The molecule has 0 aliphatic heterocycles. The number of rotatable bonds is 2. The molecule has 6 nitrogen and oxygen atoms in total. The second-order valence-corrected chi connectivity index (χ2v) is 4.45. The third-order valence-corrected chi connectivity index (χ3v) is 2.56. The highest BCUT2D eigenvalue weighted by Crippen LogP contribution is 2.17. The van der Waals surface area contributed by atoms with Gasteiger partial charge in [-0.1, -0.05) is 15.9 Å². The van der Waals surface area contributed by atoms with Crippen LogP contribution in [0.4, 0.5) is 11.5 Å². The highest BCUT2D eigenvalue weighted by molar-refractivity contribution is 9.10. The standard InChI is InChI=1S/C11H9BrN4O2/c12-7-3-6(4-8(13)5-7)11(18)14-9-1-2-10(17)16-15-9/h1-5H,13H2,(H,16,17)(H,14,15,18). The van der Waals surface area contributed by atoms with Crippen molar-refractivity contribution in [1.29, 1.82) is 0 Å². The normalized spacial score (nSPS) is 10.1. The molecule has 0 unspecified atom stereocenters. The molecule has 2 rings (SSSR count). The Labute approximate surface area is 110 Å². The van der Waals surface area contributed by atoms with E-state index in [0.29, 0.717) is 15.7 Å². The fraction of sp³-hybridized carbons (Fsp3) is 0. The number of aromatic nitrogens is 2. The van der Waals surface area contributed by atoms with Crippen molar-refractivity contribution in [1.82, 2.24) is 10.2 Å². The van der Waals surface area contributed by atoms with Crippen LogP contribution in [0.5, 0.6) is 0 Å². The van der Waals surface area contributed by atoms with Crippen LogP contribution < -0.4 is 16.6 Å². The zero-order chi connectivity index (χ0) is 13.1. The summed E-state index contributed by atoms with van der Waals surface area (Å²) in [6.07, 6.45) is 0. The Balaban J connectivity index is 2.21. The van der Waals surface area contributed by atoms with E-state index in [0.717, 1.165) is 0 Å². The highest BCUT2D eigenvalue weighted by Gasteiger charge is 2.08. The lowest BCUT2D eigenvalue weighted by Crippen LogP contribution is -2.16. The van der Waals surface area contributed by atoms with Crippen LogP contribution in [0.3, 0.4) is 0 Å². The molecule has 0 saturated heterocycles. The molecule has 0 saturated carbocycles. The van der Waals surface area contributed by atoms with Gasteiger partial charge in [-0.2, -0.15) is 5.10 Å². The van der Waals surface area contributed by atoms with Crippen molar-refractivity contribution < 1.29 is 4.79 Å². The minimum Gasteiger partial charge on any atom is -0.399 e. The van der Waals surface area contributed by atoms with Crippen molar-refractivity contribution in [2.24, 2.45) is 0 Å². The molecule has 1 amide bonds. The Kier molecular flexibility index (Phi) is 3.42. The second kappa shape index (κ2) is 5.01. The van der Waals surface area contributed by atoms with Crippen molar-refractivity contribution >= 4 is 33.3 Å². The van der Waals surface area contributed by atoms with Gasteiger partial charge in [0, 0.05) is 21.8 Å². The summed E-state index contributed by atoms with van der Waals surface area (Å²) < 4.78 is 0.710. The van der Waals surface area contributed by atoms with E-state index in [-0.39, 0.29) is 17.3 Å². The van der Waals surface area contributed by atoms with Crippen LogP contribution in [-0.4, -0.2) is 16.1 Å². The number of H-pyrrole nitrogens is 1. The van der Waals surface area contributed by atoms with Crippen molar-refractivity contribution in [2.75, 3.05) is 11.1 Å². The number of nitrogen functional groups attached to an aromatic ring is 1. The summed E-state index contributed by atoms with van der Waals surface area (Å²) in [5.74, 6) is -0.0966. The number of halogens is 1. The van der Waals surface area contributed by atoms with Gasteiger partial charge in [0.1, 0.15) is 0 Å². The summed E-state index contributed by atoms with van der Waals surface area (Å²) >= 11 is 3.25. The molecule has 1 aromatic carbocycles. The van der Waals surface area contributed by atoms with Crippen LogP contribution in [-0.2, 0) is 0 Å². The molecule has 0 atom stereocenters. The minimum atomic E-state index is -0.359. The molecule has 1 aromatic heterocycles. The van der Waals surface area contributed by atoms with E-state index in [1.807, 2.05) is 0 Å². The van der Waals surface area contributed by atoms with Crippen LogP contribution in [0.15, 0.2) is 39.6 Å². The van der Waals surface area contributed by atoms with Gasteiger partial charge in [0.2, 0.25) is 0 Å². The number of hydrogen-bond acceptors (Lipinski definition) is 4. The summed E-state index contributed by atoms with van der Waals surface area (Å²) in [4.78, 5) is 22.7. The fourth-order valence-electron chi connectivity index (χ4n) is 1.35. The maximum atomic E-state index is 11.9. The van der Waals surface area contributed by atoms with Gasteiger partial charge in [0.05, 0.1) is 0 Å². The SMILES string of the molecule is Nc1cc(Br)cc(C(=O)Nc2ccc(=O)[nH]n2)c1. The molecule has 92 valence electrons. The number of carbonyl (C=O) groups excluding carboxylic acids is 1. The van der Waals surface area contributed by atoms with E-state index in [1.54, 1.807) is 18.2 Å². The molecule has 4 N–H and O–H groups in total.